The number of carbonyl (C=O) groups is 1. The molecular formula is C21H22N4O3. The fourth-order valence-electron chi connectivity index (χ4n) is 2.62. The average molecular weight is 378 g/mol. The van der Waals surface area contributed by atoms with Crippen molar-refractivity contribution in [3.8, 4) is 11.5 Å². The molecule has 0 radical (unpaired) electrons. The lowest BCUT2D eigenvalue weighted by molar-refractivity contribution is 0.0949. The van der Waals surface area contributed by atoms with E-state index in [0.717, 1.165) is 17.0 Å². The Morgan fingerprint density at radius 1 is 1.00 bits per heavy atom. The van der Waals surface area contributed by atoms with Crippen LogP contribution < -0.4 is 20.1 Å². The molecule has 7 nitrogen and oxygen atoms in total. The summed E-state index contributed by atoms with van der Waals surface area (Å²) >= 11 is 0. The molecular weight excluding hydrogens is 356 g/mol. The van der Waals surface area contributed by atoms with Crippen LogP contribution in [0.4, 0.5) is 11.6 Å². The van der Waals surface area contributed by atoms with Crippen molar-refractivity contribution in [2.75, 3.05) is 26.1 Å². The van der Waals surface area contributed by atoms with Crippen molar-refractivity contribution in [3.63, 3.8) is 0 Å². The van der Waals surface area contributed by atoms with Crippen LogP contribution in [0.15, 0.2) is 60.8 Å². The molecule has 2 N–H and O–H groups in total. The first-order chi connectivity index (χ1) is 13.7. The van der Waals surface area contributed by atoms with Crippen molar-refractivity contribution >= 4 is 17.5 Å². The summed E-state index contributed by atoms with van der Waals surface area (Å²) in [6.07, 6.45) is 2.26. The second kappa shape index (κ2) is 9.36. The Labute approximate surface area is 163 Å². The number of benzene rings is 2. The zero-order chi connectivity index (χ0) is 19.8. The van der Waals surface area contributed by atoms with E-state index < -0.39 is 0 Å². The molecule has 1 aromatic heterocycles. The van der Waals surface area contributed by atoms with Gasteiger partial charge in [0.2, 0.25) is 5.95 Å². The van der Waals surface area contributed by atoms with E-state index in [-0.39, 0.29) is 5.91 Å². The summed E-state index contributed by atoms with van der Waals surface area (Å²) in [7, 11) is 3.22. The first-order valence-corrected chi connectivity index (χ1v) is 8.84. The Kier molecular flexibility index (Phi) is 6.41. The zero-order valence-electron chi connectivity index (χ0n) is 15.8. The molecule has 0 fully saturated rings. The summed E-state index contributed by atoms with van der Waals surface area (Å²) in [6.45, 7) is 0.504. The topological polar surface area (TPSA) is 85.4 Å². The molecule has 0 saturated heterocycles. The Hall–Kier alpha value is -3.61. The van der Waals surface area contributed by atoms with Crippen LogP contribution in [0.3, 0.4) is 0 Å². The summed E-state index contributed by atoms with van der Waals surface area (Å²) in [6, 6.07) is 16.8. The lowest BCUT2D eigenvalue weighted by Gasteiger charge is -2.10. The summed E-state index contributed by atoms with van der Waals surface area (Å²) in [5.74, 6) is 1.55. The normalized spacial score (nSPS) is 10.2. The highest BCUT2D eigenvalue weighted by atomic mass is 16.5. The van der Waals surface area contributed by atoms with Gasteiger partial charge in [-0.3, -0.25) is 4.79 Å². The van der Waals surface area contributed by atoms with E-state index in [4.69, 9.17) is 9.47 Å². The maximum atomic E-state index is 12.4. The number of hydrogen-bond donors (Lipinski definition) is 2. The van der Waals surface area contributed by atoms with Crippen LogP contribution in [-0.4, -0.2) is 36.6 Å². The molecule has 0 bridgehead atoms. The SMILES string of the molecule is COc1ccc(CCNC(=O)c2ccnc(Nc3ccccc3OC)n2)cc1. The predicted octanol–water partition coefficient (Wildman–Crippen LogP) is 3.21. The highest BCUT2D eigenvalue weighted by molar-refractivity contribution is 5.92. The maximum absolute atomic E-state index is 12.4. The molecule has 0 saturated carbocycles. The van der Waals surface area contributed by atoms with Crippen LogP contribution in [0.5, 0.6) is 11.5 Å². The van der Waals surface area contributed by atoms with Crippen LogP contribution in [0, 0.1) is 0 Å². The fraction of sp³-hybridized carbons (Fsp3) is 0.190. The summed E-state index contributed by atoms with van der Waals surface area (Å²) < 4.78 is 10.4. The number of carbonyl (C=O) groups excluding carboxylic acids is 1. The minimum atomic E-state index is -0.251. The molecule has 144 valence electrons. The number of nitrogens with zero attached hydrogens (tertiary/aromatic N) is 2. The third-order valence-corrected chi connectivity index (χ3v) is 4.10. The van der Waals surface area contributed by atoms with Crippen LogP contribution >= 0.6 is 0 Å². The van der Waals surface area contributed by atoms with E-state index in [9.17, 15) is 4.79 Å². The molecule has 1 heterocycles. The summed E-state index contributed by atoms with van der Waals surface area (Å²) in [4.78, 5) is 20.8. The van der Waals surface area contributed by atoms with E-state index >= 15 is 0 Å². The second-order valence-electron chi connectivity index (χ2n) is 5.94. The number of hydrogen-bond acceptors (Lipinski definition) is 6. The van der Waals surface area contributed by atoms with Crippen molar-refractivity contribution in [1.82, 2.24) is 15.3 Å². The molecule has 7 heteroatoms. The van der Waals surface area contributed by atoms with Crippen LogP contribution in [0.1, 0.15) is 16.1 Å². The van der Waals surface area contributed by atoms with E-state index in [0.29, 0.717) is 30.4 Å². The second-order valence-corrected chi connectivity index (χ2v) is 5.94. The first-order valence-electron chi connectivity index (χ1n) is 8.84. The molecule has 2 aromatic carbocycles. The molecule has 0 aliphatic heterocycles. The number of rotatable bonds is 8. The van der Waals surface area contributed by atoms with Gasteiger partial charge >= 0.3 is 0 Å². The van der Waals surface area contributed by atoms with Crippen molar-refractivity contribution in [2.24, 2.45) is 0 Å². The van der Waals surface area contributed by atoms with Gasteiger partial charge in [-0.15, -0.1) is 0 Å². The molecule has 0 atom stereocenters. The number of amides is 1. The largest absolute Gasteiger partial charge is 0.497 e. The Morgan fingerprint density at radius 2 is 1.79 bits per heavy atom. The predicted molar refractivity (Wildman–Crippen MR) is 107 cm³/mol. The molecule has 3 rings (SSSR count). The minimum absolute atomic E-state index is 0.251. The van der Waals surface area contributed by atoms with E-state index in [1.807, 2.05) is 48.5 Å². The van der Waals surface area contributed by atoms with Gasteiger partial charge in [0.15, 0.2) is 0 Å². The molecule has 0 aliphatic carbocycles. The van der Waals surface area contributed by atoms with Gasteiger partial charge in [0, 0.05) is 12.7 Å². The van der Waals surface area contributed by atoms with Crippen molar-refractivity contribution in [2.45, 2.75) is 6.42 Å². The van der Waals surface area contributed by atoms with Crippen LogP contribution in [-0.2, 0) is 6.42 Å². The lowest BCUT2D eigenvalue weighted by Crippen LogP contribution is -2.26. The standard InChI is InChI=1S/C21H22N4O3/c1-27-16-9-7-15(8-10-16)11-13-22-20(26)18-12-14-23-21(25-18)24-17-5-3-4-6-19(17)28-2/h3-10,12,14H,11,13H2,1-2H3,(H,22,26)(H,23,24,25). The van der Waals surface area contributed by atoms with Gasteiger partial charge in [-0.25, -0.2) is 9.97 Å². The molecule has 1 amide bonds. The Balaban J connectivity index is 1.58. The van der Waals surface area contributed by atoms with Gasteiger partial charge in [0.05, 0.1) is 19.9 Å². The quantitative estimate of drug-likeness (QED) is 0.626. The molecule has 3 aromatic rings. The number of nitrogens with one attached hydrogen (secondary N) is 2. The molecule has 0 unspecified atom stereocenters. The Bertz CT molecular complexity index is 929. The highest BCUT2D eigenvalue weighted by Crippen LogP contribution is 2.25. The van der Waals surface area contributed by atoms with Crippen molar-refractivity contribution in [1.29, 1.82) is 0 Å². The number of methoxy groups -OCH3 is 2. The van der Waals surface area contributed by atoms with E-state index in [1.54, 1.807) is 26.5 Å². The maximum Gasteiger partial charge on any atom is 0.270 e. The van der Waals surface area contributed by atoms with Crippen LogP contribution in [0.2, 0.25) is 0 Å². The zero-order valence-corrected chi connectivity index (χ0v) is 15.8. The summed E-state index contributed by atoms with van der Waals surface area (Å²) in [5, 5.41) is 5.95. The first kappa shape index (κ1) is 19.2. The monoisotopic (exact) mass is 378 g/mol. The number of aromatic nitrogens is 2. The molecule has 28 heavy (non-hydrogen) atoms. The average Bonchev–Trinajstić information content (AvgIpc) is 2.75. The van der Waals surface area contributed by atoms with Gasteiger partial charge in [-0.05, 0) is 42.3 Å². The molecule has 0 spiro atoms. The lowest BCUT2D eigenvalue weighted by atomic mass is 10.1. The van der Waals surface area contributed by atoms with Gasteiger partial charge in [-0.1, -0.05) is 24.3 Å². The number of para-hydroxylation sites is 2. The van der Waals surface area contributed by atoms with Gasteiger partial charge < -0.3 is 20.1 Å². The highest BCUT2D eigenvalue weighted by Gasteiger charge is 2.10. The third kappa shape index (κ3) is 4.97. The van der Waals surface area contributed by atoms with Crippen molar-refractivity contribution < 1.29 is 14.3 Å². The van der Waals surface area contributed by atoms with E-state index in [1.165, 1.54) is 0 Å². The van der Waals surface area contributed by atoms with Gasteiger partial charge in [-0.2, -0.15) is 0 Å². The Morgan fingerprint density at radius 3 is 2.54 bits per heavy atom. The third-order valence-electron chi connectivity index (χ3n) is 4.10. The smallest absolute Gasteiger partial charge is 0.270 e. The molecule has 0 aliphatic rings. The van der Waals surface area contributed by atoms with Crippen molar-refractivity contribution in [3.05, 3.63) is 72.1 Å². The van der Waals surface area contributed by atoms with Gasteiger partial charge in [0.25, 0.3) is 5.91 Å². The van der Waals surface area contributed by atoms with Crippen LogP contribution in [0.25, 0.3) is 0 Å². The fourth-order valence-corrected chi connectivity index (χ4v) is 2.62. The minimum Gasteiger partial charge on any atom is -0.497 e. The number of anilines is 2. The van der Waals surface area contributed by atoms with E-state index in [2.05, 4.69) is 20.6 Å². The number of ether oxygens (including phenoxy) is 2. The van der Waals surface area contributed by atoms with Gasteiger partial charge in [0.1, 0.15) is 17.2 Å². The summed E-state index contributed by atoms with van der Waals surface area (Å²) in [5.41, 5.74) is 2.13.